The summed E-state index contributed by atoms with van der Waals surface area (Å²) in [6.45, 7) is 2.21. The summed E-state index contributed by atoms with van der Waals surface area (Å²) in [5, 5.41) is 5.90. The summed E-state index contributed by atoms with van der Waals surface area (Å²) in [6, 6.07) is 13.5. The molecule has 0 bridgehead atoms. The monoisotopic (exact) mass is 256 g/mol. The summed E-state index contributed by atoms with van der Waals surface area (Å²) >= 11 is 0. The standard InChI is InChI=1S/C16H20N2O/c1-18(15-7-8-17-11-15)14-5-3-13-10-16(19-2)6-4-12(13)9-14/h3-6,9-10,15,17H,7-8,11H2,1-2H3. The number of fused-ring (bicyclic) bond motifs is 1. The van der Waals surface area contributed by atoms with E-state index in [9.17, 15) is 0 Å². The van der Waals surface area contributed by atoms with Gasteiger partial charge in [-0.15, -0.1) is 0 Å². The van der Waals surface area contributed by atoms with Crippen LogP contribution in [0, 0.1) is 0 Å². The maximum Gasteiger partial charge on any atom is 0.119 e. The van der Waals surface area contributed by atoms with Gasteiger partial charge in [0.1, 0.15) is 5.75 Å². The largest absolute Gasteiger partial charge is 0.497 e. The minimum Gasteiger partial charge on any atom is -0.497 e. The van der Waals surface area contributed by atoms with E-state index in [1.165, 1.54) is 22.9 Å². The average Bonchev–Trinajstić information content (AvgIpc) is 2.99. The van der Waals surface area contributed by atoms with E-state index in [-0.39, 0.29) is 0 Å². The number of hydrogen-bond donors (Lipinski definition) is 1. The van der Waals surface area contributed by atoms with Crippen LogP contribution in [0.3, 0.4) is 0 Å². The topological polar surface area (TPSA) is 24.5 Å². The van der Waals surface area contributed by atoms with Gasteiger partial charge < -0.3 is 15.0 Å². The Morgan fingerprint density at radius 3 is 2.68 bits per heavy atom. The van der Waals surface area contributed by atoms with E-state index in [2.05, 4.69) is 47.6 Å². The second-order valence-electron chi connectivity index (χ2n) is 5.15. The van der Waals surface area contributed by atoms with Crippen LogP contribution in [0.25, 0.3) is 10.8 Å². The molecule has 1 saturated heterocycles. The average molecular weight is 256 g/mol. The van der Waals surface area contributed by atoms with Crippen molar-refractivity contribution in [2.45, 2.75) is 12.5 Å². The third kappa shape index (κ3) is 2.38. The molecular weight excluding hydrogens is 236 g/mol. The number of benzene rings is 2. The van der Waals surface area contributed by atoms with Gasteiger partial charge in [-0.2, -0.15) is 0 Å². The van der Waals surface area contributed by atoms with Crippen molar-refractivity contribution in [1.82, 2.24) is 5.32 Å². The summed E-state index contributed by atoms with van der Waals surface area (Å²) in [4.78, 5) is 2.38. The van der Waals surface area contributed by atoms with Gasteiger partial charge in [0.05, 0.1) is 7.11 Å². The predicted molar refractivity (Wildman–Crippen MR) is 80.2 cm³/mol. The third-order valence-corrected chi connectivity index (χ3v) is 4.02. The highest BCUT2D eigenvalue weighted by atomic mass is 16.5. The minimum atomic E-state index is 0.607. The summed E-state index contributed by atoms with van der Waals surface area (Å²) in [6.07, 6.45) is 1.22. The molecule has 3 nitrogen and oxygen atoms in total. The zero-order valence-corrected chi connectivity index (χ0v) is 11.5. The molecule has 0 saturated carbocycles. The maximum atomic E-state index is 5.26. The maximum absolute atomic E-state index is 5.26. The molecule has 0 spiro atoms. The molecule has 0 aromatic heterocycles. The van der Waals surface area contributed by atoms with Crippen molar-refractivity contribution in [3.63, 3.8) is 0 Å². The fourth-order valence-electron chi connectivity index (χ4n) is 2.74. The Bertz CT molecular complexity index is 576. The molecule has 3 heteroatoms. The second-order valence-corrected chi connectivity index (χ2v) is 5.15. The Balaban J connectivity index is 1.92. The van der Waals surface area contributed by atoms with E-state index in [0.717, 1.165) is 18.8 Å². The lowest BCUT2D eigenvalue weighted by atomic mass is 10.1. The van der Waals surface area contributed by atoms with Crippen molar-refractivity contribution >= 4 is 16.5 Å². The molecule has 1 aliphatic rings. The zero-order chi connectivity index (χ0) is 13.2. The highest BCUT2D eigenvalue weighted by Crippen LogP contribution is 2.26. The molecule has 0 aliphatic carbocycles. The highest BCUT2D eigenvalue weighted by molar-refractivity contribution is 5.87. The lowest BCUT2D eigenvalue weighted by Gasteiger charge is -2.26. The van der Waals surface area contributed by atoms with Crippen molar-refractivity contribution in [3.8, 4) is 5.75 Å². The summed E-state index contributed by atoms with van der Waals surface area (Å²) in [5.41, 5.74) is 1.28. The summed E-state index contributed by atoms with van der Waals surface area (Å²) in [7, 11) is 3.89. The number of likely N-dealkylation sites (N-methyl/N-ethyl adjacent to an activating group) is 1. The quantitative estimate of drug-likeness (QED) is 0.913. The highest BCUT2D eigenvalue weighted by Gasteiger charge is 2.19. The first-order valence-corrected chi connectivity index (χ1v) is 6.79. The van der Waals surface area contributed by atoms with E-state index in [4.69, 9.17) is 4.74 Å². The molecule has 100 valence electrons. The van der Waals surface area contributed by atoms with Gasteiger partial charge in [-0.3, -0.25) is 0 Å². The fraction of sp³-hybridized carbons (Fsp3) is 0.375. The molecule has 19 heavy (non-hydrogen) atoms. The van der Waals surface area contributed by atoms with Gasteiger partial charge in [-0.1, -0.05) is 12.1 Å². The van der Waals surface area contributed by atoms with Crippen LogP contribution in [0.4, 0.5) is 5.69 Å². The van der Waals surface area contributed by atoms with Gasteiger partial charge >= 0.3 is 0 Å². The Kier molecular flexibility index (Phi) is 3.30. The molecule has 1 fully saturated rings. The van der Waals surface area contributed by atoms with Crippen LogP contribution >= 0.6 is 0 Å². The summed E-state index contributed by atoms with van der Waals surface area (Å²) in [5.74, 6) is 0.911. The Hall–Kier alpha value is -1.74. The van der Waals surface area contributed by atoms with Gasteiger partial charge in [0.25, 0.3) is 0 Å². The van der Waals surface area contributed by atoms with Crippen LogP contribution in [0.1, 0.15) is 6.42 Å². The van der Waals surface area contributed by atoms with Gasteiger partial charge in [-0.25, -0.2) is 0 Å². The molecule has 1 aliphatic heterocycles. The van der Waals surface area contributed by atoms with E-state index in [1.54, 1.807) is 7.11 Å². The normalized spacial score (nSPS) is 18.7. The van der Waals surface area contributed by atoms with Crippen molar-refractivity contribution in [2.75, 3.05) is 32.1 Å². The van der Waals surface area contributed by atoms with Gasteiger partial charge in [0.2, 0.25) is 0 Å². The fourth-order valence-corrected chi connectivity index (χ4v) is 2.74. The first-order valence-electron chi connectivity index (χ1n) is 6.79. The van der Waals surface area contributed by atoms with E-state index >= 15 is 0 Å². The van der Waals surface area contributed by atoms with Gasteiger partial charge in [-0.05, 0) is 48.0 Å². The molecular formula is C16H20N2O. The molecule has 1 unspecified atom stereocenters. The Morgan fingerprint density at radius 1 is 1.16 bits per heavy atom. The number of nitrogens with zero attached hydrogens (tertiary/aromatic N) is 1. The molecule has 1 heterocycles. The zero-order valence-electron chi connectivity index (χ0n) is 11.5. The molecule has 0 radical (unpaired) electrons. The Labute approximate surface area is 114 Å². The van der Waals surface area contributed by atoms with E-state index in [0.29, 0.717) is 6.04 Å². The Morgan fingerprint density at radius 2 is 1.95 bits per heavy atom. The molecule has 2 aromatic rings. The first kappa shape index (κ1) is 12.3. The van der Waals surface area contributed by atoms with E-state index in [1.807, 2.05) is 6.07 Å². The number of methoxy groups -OCH3 is 1. The number of rotatable bonds is 3. The molecule has 1 N–H and O–H groups in total. The number of hydrogen-bond acceptors (Lipinski definition) is 3. The van der Waals surface area contributed by atoms with Crippen molar-refractivity contribution in [1.29, 1.82) is 0 Å². The number of ether oxygens (including phenoxy) is 1. The van der Waals surface area contributed by atoms with Crippen LogP contribution in [0.5, 0.6) is 5.75 Å². The van der Waals surface area contributed by atoms with Crippen LogP contribution in [0.2, 0.25) is 0 Å². The second kappa shape index (κ2) is 5.10. The molecule has 1 atom stereocenters. The number of anilines is 1. The lowest BCUT2D eigenvalue weighted by Crippen LogP contribution is -2.33. The molecule has 2 aromatic carbocycles. The van der Waals surface area contributed by atoms with Crippen LogP contribution in [-0.4, -0.2) is 33.3 Å². The van der Waals surface area contributed by atoms with Crippen LogP contribution < -0.4 is 15.0 Å². The predicted octanol–water partition coefficient (Wildman–Crippen LogP) is 2.65. The SMILES string of the molecule is COc1ccc2cc(N(C)C3CCNC3)ccc2c1. The van der Waals surface area contributed by atoms with Crippen LogP contribution in [0.15, 0.2) is 36.4 Å². The van der Waals surface area contributed by atoms with Crippen molar-refractivity contribution in [3.05, 3.63) is 36.4 Å². The van der Waals surface area contributed by atoms with Gasteiger partial charge in [0, 0.05) is 25.3 Å². The third-order valence-electron chi connectivity index (χ3n) is 4.02. The van der Waals surface area contributed by atoms with Crippen molar-refractivity contribution < 1.29 is 4.74 Å². The minimum absolute atomic E-state index is 0.607. The van der Waals surface area contributed by atoms with Crippen molar-refractivity contribution in [2.24, 2.45) is 0 Å². The van der Waals surface area contributed by atoms with Gasteiger partial charge in [0.15, 0.2) is 0 Å². The number of nitrogens with one attached hydrogen (secondary N) is 1. The summed E-state index contributed by atoms with van der Waals surface area (Å²) < 4.78 is 5.26. The van der Waals surface area contributed by atoms with E-state index < -0.39 is 0 Å². The van der Waals surface area contributed by atoms with Crippen LogP contribution in [-0.2, 0) is 0 Å². The lowest BCUT2D eigenvalue weighted by molar-refractivity contribution is 0.415. The smallest absolute Gasteiger partial charge is 0.119 e. The molecule has 3 rings (SSSR count). The molecule has 0 amide bonds. The first-order chi connectivity index (χ1) is 9.28.